The van der Waals surface area contributed by atoms with E-state index < -0.39 is 0 Å². The number of aryl methyl sites for hydroxylation is 1. The molecule has 0 aliphatic carbocycles. The number of halogens is 1. The van der Waals surface area contributed by atoms with E-state index in [1.54, 1.807) is 12.1 Å². The highest BCUT2D eigenvalue weighted by Gasteiger charge is 2.19. The standard InChI is InChI=1S/C20H23N3O2.ClH/c1-14-4-9-17(21)11-18(14)20(25)22-12-15-5-7-16(8-6-15)13-23-10-2-3-19(23)24;/h4-9,11H,2-3,10,12-13,21H2,1H3,(H,22,25);1H. The Morgan fingerprint density at radius 1 is 1.15 bits per heavy atom. The molecule has 3 rings (SSSR count). The maximum atomic E-state index is 12.3. The van der Waals surface area contributed by atoms with Crippen LogP contribution in [0, 0.1) is 6.92 Å². The van der Waals surface area contributed by atoms with Gasteiger partial charge in [-0.1, -0.05) is 30.3 Å². The van der Waals surface area contributed by atoms with Gasteiger partial charge in [0, 0.05) is 37.3 Å². The molecule has 1 aliphatic heterocycles. The number of carbonyl (C=O) groups excluding carboxylic acids is 2. The molecule has 0 saturated carbocycles. The van der Waals surface area contributed by atoms with Crippen LogP contribution in [-0.2, 0) is 17.9 Å². The molecule has 0 atom stereocenters. The van der Waals surface area contributed by atoms with E-state index in [9.17, 15) is 9.59 Å². The molecule has 3 N–H and O–H groups in total. The number of hydrogen-bond acceptors (Lipinski definition) is 3. The van der Waals surface area contributed by atoms with Crippen molar-refractivity contribution in [3.8, 4) is 0 Å². The third-order valence-corrected chi connectivity index (χ3v) is 4.53. The predicted molar refractivity (Wildman–Crippen MR) is 105 cm³/mol. The van der Waals surface area contributed by atoms with E-state index >= 15 is 0 Å². The Labute approximate surface area is 160 Å². The molecular weight excluding hydrogens is 350 g/mol. The summed E-state index contributed by atoms with van der Waals surface area (Å²) in [4.78, 5) is 25.9. The quantitative estimate of drug-likeness (QED) is 0.791. The van der Waals surface area contributed by atoms with E-state index in [-0.39, 0.29) is 24.2 Å². The lowest BCUT2D eigenvalue weighted by atomic mass is 10.1. The molecular formula is C20H24ClN3O2. The molecule has 0 bridgehead atoms. The summed E-state index contributed by atoms with van der Waals surface area (Å²) >= 11 is 0. The fraction of sp³-hybridized carbons (Fsp3) is 0.300. The topological polar surface area (TPSA) is 75.4 Å². The van der Waals surface area contributed by atoms with Crippen molar-refractivity contribution in [2.24, 2.45) is 0 Å². The molecule has 26 heavy (non-hydrogen) atoms. The van der Waals surface area contributed by atoms with Crippen molar-refractivity contribution in [3.63, 3.8) is 0 Å². The number of nitrogens with two attached hydrogens (primary N) is 1. The number of nitrogens with zero attached hydrogens (tertiary/aromatic N) is 1. The number of rotatable bonds is 5. The zero-order chi connectivity index (χ0) is 17.8. The normalized spacial score (nSPS) is 13.4. The Morgan fingerprint density at radius 2 is 1.85 bits per heavy atom. The van der Waals surface area contributed by atoms with Crippen LogP contribution in [0.25, 0.3) is 0 Å². The number of nitrogen functional groups attached to an aromatic ring is 1. The van der Waals surface area contributed by atoms with Crippen LogP contribution in [0.4, 0.5) is 5.69 Å². The largest absolute Gasteiger partial charge is 0.399 e. The Kier molecular flexibility index (Phi) is 6.64. The molecule has 1 fully saturated rings. The lowest BCUT2D eigenvalue weighted by molar-refractivity contribution is -0.128. The first-order valence-corrected chi connectivity index (χ1v) is 8.53. The highest BCUT2D eigenvalue weighted by Crippen LogP contribution is 2.15. The molecule has 5 nitrogen and oxygen atoms in total. The smallest absolute Gasteiger partial charge is 0.251 e. The molecule has 0 aromatic heterocycles. The first-order chi connectivity index (χ1) is 12.0. The van der Waals surface area contributed by atoms with Gasteiger partial charge in [0.25, 0.3) is 5.91 Å². The number of likely N-dealkylation sites (tertiary alicyclic amines) is 1. The highest BCUT2D eigenvalue weighted by molar-refractivity contribution is 5.96. The zero-order valence-corrected chi connectivity index (χ0v) is 15.6. The van der Waals surface area contributed by atoms with Gasteiger partial charge < -0.3 is 16.0 Å². The summed E-state index contributed by atoms with van der Waals surface area (Å²) in [6, 6.07) is 13.3. The van der Waals surface area contributed by atoms with Crippen LogP contribution in [0.1, 0.15) is 39.9 Å². The van der Waals surface area contributed by atoms with Gasteiger partial charge in [0.05, 0.1) is 0 Å². The van der Waals surface area contributed by atoms with Crippen molar-refractivity contribution in [1.29, 1.82) is 0 Å². The first-order valence-electron chi connectivity index (χ1n) is 8.53. The molecule has 1 aliphatic rings. The maximum absolute atomic E-state index is 12.3. The second-order valence-electron chi connectivity index (χ2n) is 6.49. The van der Waals surface area contributed by atoms with Crippen molar-refractivity contribution >= 4 is 29.9 Å². The van der Waals surface area contributed by atoms with Crippen LogP contribution < -0.4 is 11.1 Å². The van der Waals surface area contributed by atoms with Gasteiger partial charge >= 0.3 is 0 Å². The van der Waals surface area contributed by atoms with Gasteiger partial charge in [-0.15, -0.1) is 12.4 Å². The van der Waals surface area contributed by atoms with Crippen LogP contribution in [-0.4, -0.2) is 23.3 Å². The number of benzene rings is 2. The van der Waals surface area contributed by atoms with Crippen LogP contribution >= 0.6 is 12.4 Å². The third kappa shape index (κ3) is 4.76. The molecule has 0 radical (unpaired) electrons. The van der Waals surface area contributed by atoms with Crippen molar-refractivity contribution in [3.05, 3.63) is 64.7 Å². The van der Waals surface area contributed by atoms with E-state index in [2.05, 4.69) is 5.32 Å². The maximum Gasteiger partial charge on any atom is 0.251 e. The molecule has 2 aromatic carbocycles. The highest BCUT2D eigenvalue weighted by atomic mass is 35.5. The second kappa shape index (κ2) is 8.72. The molecule has 1 heterocycles. The molecule has 2 aromatic rings. The van der Waals surface area contributed by atoms with Gasteiger partial charge in [-0.25, -0.2) is 0 Å². The number of nitrogens with one attached hydrogen (secondary N) is 1. The number of amides is 2. The van der Waals surface area contributed by atoms with E-state index in [0.29, 0.717) is 30.8 Å². The Balaban J connectivity index is 0.00000243. The van der Waals surface area contributed by atoms with Crippen molar-refractivity contribution in [2.45, 2.75) is 32.9 Å². The Bertz CT molecular complexity index is 790. The van der Waals surface area contributed by atoms with Gasteiger partial charge in [-0.05, 0) is 42.2 Å². The minimum absolute atomic E-state index is 0. The van der Waals surface area contributed by atoms with Gasteiger partial charge in [0.15, 0.2) is 0 Å². The summed E-state index contributed by atoms with van der Waals surface area (Å²) in [5.41, 5.74) is 9.97. The van der Waals surface area contributed by atoms with Crippen molar-refractivity contribution in [2.75, 3.05) is 12.3 Å². The summed E-state index contributed by atoms with van der Waals surface area (Å²) in [5, 5.41) is 2.92. The number of anilines is 1. The van der Waals surface area contributed by atoms with Crippen LogP contribution in [0.3, 0.4) is 0 Å². The molecule has 0 unspecified atom stereocenters. The fourth-order valence-electron chi connectivity index (χ4n) is 3.02. The summed E-state index contributed by atoms with van der Waals surface area (Å²) in [7, 11) is 0. The SMILES string of the molecule is Cc1ccc(N)cc1C(=O)NCc1ccc(CN2CCCC2=O)cc1.Cl. The first kappa shape index (κ1) is 19.8. The van der Waals surface area contributed by atoms with Crippen LogP contribution in [0.2, 0.25) is 0 Å². The second-order valence-corrected chi connectivity index (χ2v) is 6.49. The molecule has 2 amide bonds. The fourth-order valence-corrected chi connectivity index (χ4v) is 3.02. The molecule has 1 saturated heterocycles. The van der Waals surface area contributed by atoms with Gasteiger partial charge in [-0.2, -0.15) is 0 Å². The Morgan fingerprint density at radius 3 is 2.50 bits per heavy atom. The van der Waals surface area contributed by atoms with E-state index in [4.69, 9.17) is 5.73 Å². The average molecular weight is 374 g/mol. The van der Waals surface area contributed by atoms with Gasteiger partial charge in [-0.3, -0.25) is 9.59 Å². The summed E-state index contributed by atoms with van der Waals surface area (Å²) in [6.45, 7) is 3.85. The molecule has 6 heteroatoms. The van der Waals surface area contributed by atoms with Crippen molar-refractivity contribution < 1.29 is 9.59 Å². The van der Waals surface area contributed by atoms with Gasteiger partial charge in [0.2, 0.25) is 5.91 Å². The lowest BCUT2D eigenvalue weighted by Gasteiger charge is -2.15. The summed E-state index contributed by atoms with van der Waals surface area (Å²) < 4.78 is 0. The molecule has 138 valence electrons. The number of carbonyl (C=O) groups is 2. The summed E-state index contributed by atoms with van der Waals surface area (Å²) in [6.07, 6.45) is 1.61. The lowest BCUT2D eigenvalue weighted by Crippen LogP contribution is -2.24. The van der Waals surface area contributed by atoms with Crippen LogP contribution in [0.5, 0.6) is 0 Å². The van der Waals surface area contributed by atoms with E-state index in [1.807, 2.05) is 42.2 Å². The third-order valence-electron chi connectivity index (χ3n) is 4.53. The van der Waals surface area contributed by atoms with Crippen LogP contribution in [0.15, 0.2) is 42.5 Å². The van der Waals surface area contributed by atoms with Gasteiger partial charge in [0.1, 0.15) is 0 Å². The van der Waals surface area contributed by atoms with Crippen molar-refractivity contribution in [1.82, 2.24) is 10.2 Å². The van der Waals surface area contributed by atoms with E-state index in [0.717, 1.165) is 29.7 Å². The number of hydrogen-bond donors (Lipinski definition) is 2. The Hall–Kier alpha value is -2.53. The average Bonchev–Trinajstić information content (AvgIpc) is 3.01. The summed E-state index contributed by atoms with van der Waals surface area (Å²) in [5.74, 6) is 0.102. The minimum Gasteiger partial charge on any atom is -0.399 e. The molecule has 0 spiro atoms. The minimum atomic E-state index is -0.128. The van der Waals surface area contributed by atoms with E-state index in [1.165, 1.54) is 0 Å². The zero-order valence-electron chi connectivity index (χ0n) is 14.8. The monoisotopic (exact) mass is 373 g/mol. The predicted octanol–water partition coefficient (Wildman–Crippen LogP) is 3.05.